The van der Waals surface area contributed by atoms with Gasteiger partial charge in [-0.3, -0.25) is 4.79 Å². The molecule has 1 rings (SSSR count). The number of rotatable bonds is 6. The molecule has 0 radical (unpaired) electrons. The van der Waals surface area contributed by atoms with Gasteiger partial charge in [0.05, 0.1) is 5.56 Å². The second-order valence-electron chi connectivity index (χ2n) is 4.57. The lowest BCUT2D eigenvalue weighted by atomic mass is 9.84. The minimum absolute atomic E-state index is 0.0657. The molecule has 0 atom stereocenters. The first-order valence-electron chi connectivity index (χ1n) is 6.31. The van der Waals surface area contributed by atoms with Crippen molar-refractivity contribution in [2.75, 3.05) is 12.4 Å². The number of aromatic nitrogens is 1. The molecular formula is C14H18ClN3O. The van der Waals surface area contributed by atoms with Gasteiger partial charge in [-0.15, -0.1) is 11.6 Å². The molecule has 0 spiro atoms. The van der Waals surface area contributed by atoms with Gasteiger partial charge in [0, 0.05) is 24.0 Å². The van der Waals surface area contributed by atoms with Gasteiger partial charge in [0.15, 0.2) is 0 Å². The number of nitriles is 1. The number of amides is 1. The number of carbonyl (C=O) groups is 1. The summed E-state index contributed by atoms with van der Waals surface area (Å²) in [7, 11) is 0. The van der Waals surface area contributed by atoms with E-state index in [2.05, 4.69) is 24.1 Å². The maximum absolute atomic E-state index is 11.9. The highest BCUT2D eigenvalue weighted by Gasteiger charge is 2.25. The highest BCUT2D eigenvalue weighted by molar-refractivity contribution is 6.18. The Hall–Kier alpha value is -1.60. The molecule has 1 heterocycles. The van der Waals surface area contributed by atoms with Crippen molar-refractivity contribution < 1.29 is 4.79 Å². The number of pyridine rings is 1. The lowest BCUT2D eigenvalue weighted by Crippen LogP contribution is -2.38. The number of halogens is 1. The Morgan fingerprint density at radius 3 is 2.58 bits per heavy atom. The van der Waals surface area contributed by atoms with Crippen LogP contribution in [0.25, 0.3) is 0 Å². The van der Waals surface area contributed by atoms with E-state index in [-0.39, 0.29) is 11.3 Å². The van der Waals surface area contributed by atoms with Crippen LogP contribution in [0.5, 0.6) is 0 Å². The molecule has 0 saturated heterocycles. The predicted molar refractivity (Wildman–Crippen MR) is 75.0 cm³/mol. The molecule has 1 aromatic heterocycles. The van der Waals surface area contributed by atoms with Crippen LogP contribution in [0.2, 0.25) is 0 Å². The van der Waals surface area contributed by atoms with Crippen LogP contribution in [0.3, 0.4) is 0 Å². The summed E-state index contributed by atoms with van der Waals surface area (Å²) in [6.45, 7) is 4.67. The van der Waals surface area contributed by atoms with Gasteiger partial charge < -0.3 is 5.32 Å². The van der Waals surface area contributed by atoms with E-state index < -0.39 is 0 Å². The van der Waals surface area contributed by atoms with Crippen LogP contribution < -0.4 is 5.32 Å². The molecule has 0 unspecified atom stereocenters. The first-order chi connectivity index (χ1) is 9.10. The van der Waals surface area contributed by atoms with Crippen molar-refractivity contribution >= 4 is 17.5 Å². The fraction of sp³-hybridized carbons (Fsp3) is 0.500. The van der Waals surface area contributed by atoms with Crippen LogP contribution in [-0.4, -0.2) is 23.3 Å². The fourth-order valence-electron chi connectivity index (χ4n) is 1.69. The highest BCUT2D eigenvalue weighted by Crippen LogP contribution is 2.26. The van der Waals surface area contributed by atoms with E-state index in [1.165, 1.54) is 6.20 Å². The molecule has 0 aliphatic heterocycles. The van der Waals surface area contributed by atoms with Crippen molar-refractivity contribution in [1.82, 2.24) is 10.3 Å². The zero-order valence-corrected chi connectivity index (χ0v) is 12.0. The molecular weight excluding hydrogens is 262 g/mol. The number of nitrogens with one attached hydrogen (secondary N) is 1. The van der Waals surface area contributed by atoms with E-state index >= 15 is 0 Å². The minimum Gasteiger partial charge on any atom is -0.350 e. The topological polar surface area (TPSA) is 65.8 Å². The summed E-state index contributed by atoms with van der Waals surface area (Å²) in [5.74, 6) is 0.280. The van der Waals surface area contributed by atoms with E-state index in [4.69, 9.17) is 16.9 Å². The van der Waals surface area contributed by atoms with Gasteiger partial charge in [-0.2, -0.15) is 5.26 Å². The summed E-state index contributed by atoms with van der Waals surface area (Å²) in [5.41, 5.74) is 0.688. The Morgan fingerprint density at radius 2 is 2.16 bits per heavy atom. The number of carbonyl (C=O) groups excluding carboxylic acids is 1. The second-order valence-corrected chi connectivity index (χ2v) is 4.83. The molecule has 1 amide bonds. The molecule has 4 nitrogen and oxygen atoms in total. The summed E-state index contributed by atoms with van der Waals surface area (Å²) in [6, 6.07) is 5.09. The normalized spacial score (nSPS) is 10.8. The van der Waals surface area contributed by atoms with Gasteiger partial charge in [-0.05, 0) is 25.0 Å². The quantitative estimate of drug-likeness (QED) is 0.814. The van der Waals surface area contributed by atoms with Gasteiger partial charge in [0.25, 0.3) is 5.91 Å². The standard InChI is InChI=1S/C14H18ClN3O/c1-3-14(4-2,9-15)10-18-13(19)12-6-5-11(7-16)8-17-12/h5-6,8H,3-4,9-10H2,1-2H3,(H,18,19). The molecule has 102 valence electrons. The number of nitrogens with zero attached hydrogens (tertiary/aromatic N) is 2. The first kappa shape index (κ1) is 15.5. The maximum Gasteiger partial charge on any atom is 0.269 e. The first-order valence-corrected chi connectivity index (χ1v) is 6.84. The Bertz CT molecular complexity index is 452. The van der Waals surface area contributed by atoms with E-state index in [1.54, 1.807) is 12.1 Å². The van der Waals surface area contributed by atoms with E-state index in [9.17, 15) is 4.79 Å². The van der Waals surface area contributed by atoms with Gasteiger partial charge in [0.1, 0.15) is 11.8 Å². The molecule has 1 aromatic rings. The van der Waals surface area contributed by atoms with Gasteiger partial charge in [-0.1, -0.05) is 13.8 Å². The summed E-state index contributed by atoms with van der Waals surface area (Å²) in [6.07, 6.45) is 3.21. The third-order valence-corrected chi connectivity index (χ3v) is 4.10. The zero-order chi connectivity index (χ0) is 14.3. The summed E-state index contributed by atoms with van der Waals surface area (Å²) in [4.78, 5) is 15.9. The van der Waals surface area contributed by atoms with Crippen LogP contribution in [0.4, 0.5) is 0 Å². The lowest BCUT2D eigenvalue weighted by Gasteiger charge is -2.29. The molecule has 5 heteroatoms. The molecule has 0 fully saturated rings. The predicted octanol–water partition coefficient (Wildman–Crippen LogP) is 2.73. The van der Waals surface area contributed by atoms with Crippen LogP contribution >= 0.6 is 11.6 Å². The number of hydrogen-bond donors (Lipinski definition) is 1. The molecule has 19 heavy (non-hydrogen) atoms. The van der Waals surface area contributed by atoms with Gasteiger partial charge in [-0.25, -0.2) is 4.98 Å². The maximum atomic E-state index is 11.9. The lowest BCUT2D eigenvalue weighted by molar-refractivity contribution is 0.0927. The Morgan fingerprint density at radius 1 is 1.47 bits per heavy atom. The van der Waals surface area contributed by atoms with Gasteiger partial charge >= 0.3 is 0 Å². The fourth-order valence-corrected chi connectivity index (χ4v) is 2.16. The molecule has 0 aliphatic carbocycles. The molecule has 1 N–H and O–H groups in total. The van der Waals surface area contributed by atoms with Crippen molar-refractivity contribution in [3.8, 4) is 6.07 Å². The third-order valence-electron chi connectivity index (χ3n) is 3.53. The highest BCUT2D eigenvalue weighted by atomic mass is 35.5. The molecule has 0 aliphatic rings. The third kappa shape index (κ3) is 3.93. The van der Waals surface area contributed by atoms with Crippen molar-refractivity contribution in [1.29, 1.82) is 5.26 Å². The largest absolute Gasteiger partial charge is 0.350 e. The minimum atomic E-state index is -0.235. The Kier molecular flexibility index (Phi) is 5.78. The number of hydrogen-bond acceptors (Lipinski definition) is 3. The summed E-state index contributed by atoms with van der Waals surface area (Å²) in [5, 5.41) is 11.5. The Balaban J connectivity index is 2.67. The van der Waals surface area contributed by atoms with Crippen molar-refractivity contribution in [2.45, 2.75) is 26.7 Å². The summed E-state index contributed by atoms with van der Waals surface area (Å²) >= 11 is 5.99. The van der Waals surface area contributed by atoms with Crippen molar-refractivity contribution in [3.05, 3.63) is 29.6 Å². The van der Waals surface area contributed by atoms with Crippen molar-refractivity contribution in [3.63, 3.8) is 0 Å². The number of alkyl halides is 1. The molecule has 0 aromatic carbocycles. The second kappa shape index (κ2) is 7.10. The van der Waals surface area contributed by atoms with Crippen molar-refractivity contribution in [2.24, 2.45) is 5.41 Å². The molecule has 0 bridgehead atoms. The van der Waals surface area contributed by atoms with E-state index in [1.807, 2.05) is 6.07 Å². The van der Waals surface area contributed by atoms with Crippen LogP contribution in [0, 0.1) is 16.7 Å². The SMILES string of the molecule is CCC(CC)(CCl)CNC(=O)c1ccc(C#N)cn1. The van der Waals surface area contributed by atoms with E-state index in [0.29, 0.717) is 23.7 Å². The Labute approximate surface area is 118 Å². The van der Waals surface area contributed by atoms with E-state index in [0.717, 1.165) is 12.8 Å². The van der Waals surface area contributed by atoms with Crippen LogP contribution in [0.1, 0.15) is 42.7 Å². The monoisotopic (exact) mass is 279 g/mol. The van der Waals surface area contributed by atoms with Gasteiger partial charge in [0.2, 0.25) is 0 Å². The smallest absolute Gasteiger partial charge is 0.269 e. The zero-order valence-electron chi connectivity index (χ0n) is 11.2. The average Bonchev–Trinajstić information content (AvgIpc) is 2.49. The molecule has 0 saturated carbocycles. The van der Waals surface area contributed by atoms with Crippen LogP contribution in [0.15, 0.2) is 18.3 Å². The van der Waals surface area contributed by atoms with Crippen LogP contribution in [-0.2, 0) is 0 Å². The summed E-state index contributed by atoms with van der Waals surface area (Å²) < 4.78 is 0. The average molecular weight is 280 g/mol.